The molecule has 0 radical (unpaired) electrons. The Morgan fingerprint density at radius 1 is 0.966 bits per heavy atom. The zero-order valence-electron chi connectivity index (χ0n) is 16.1. The van der Waals surface area contributed by atoms with Crippen LogP contribution in [0, 0.1) is 0 Å². The topological polar surface area (TPSA) is 113 Å². The monoisotopic (exact) mass is 398 g/mol. The summed E-state index contributed by atoms with van der Waals surface area (Å²) in [4.78, 5) is 46.7. The molecular weight excluding hydrogens is 376 g/mol. The number of carbonyl (C=O) groups excluding carboxylic acids is 2. The molecule has 152 valence electrons. The normalized spacial score (nSPS) is 13.8. The second kappa shape index (κ2) is 9.13. The van der Waals surface area contributed by atoms with E-state index < -0.39 is 5.97 Å². The van der Waals surface area contributed by atoms with Crippen LogP contribution in [0.4, 0.5) is 0 Å². The second-order valence-electron chi connectivity index (χ2n) is 6.61. The first-order chi connectivity index (χ1) is 14.0. The van der Waals surface area contributed by atoms with Crippen LogP contribution < -0.4 is 4.74 Å². The molecule has 2 amide bonds. The minimum Gasteiger partial charge on any atom is -0.497 e. The predicted molar refractivity (Wildman–Crippen MR) is 103 cm³/mol. The summed E-state index contributed by atoms with van der Waals surface area (Å²) in [5.41, 5.74) is 0.944. The SMILES string of the molecule is COc1ccc(CCC(=O)N2CCN(C(=O)c3cnc(C(=O)O)cn3)CC2)cc1. The van der Waals surface area contributed by atoms with Gasteiger partial charge in [-0.25, -0.2) is 14.8 Å². The highest BCUT2D eigenvalue weighted by molar-refractivity contribution is 5.93. The minimum atomic E-state index is -1.20. The molecule has 0 spiro atoms. The fraction of sp³-hybridized carbons (Fsp3) is 0.350. The largest absolute Gasteiger partial charge is 0.497 e. The summed E-state index contributed by atoms with van der Waals surface area (Å²) in [6, 6.07) is 7.63. The number of nitrogens with zero attached hydrogens (tertiary/aromatic N) is 4. The zero-order valence-corrected chi connectivity index (χ0v) is 16.1. The highest BCUT2D eigenvalue weighted by atomic mass is 16.5. The van der Waals surface area contributed by atoms with E-state index in [-0.39, 0.29) is 23.2 Å². The number of rotatable bonds is 6. The van der Waals surface area contributed by atoms with Gasteiger partial charge in [0.15, 0.2) is 5.69 Å². The molecule has 9 heteroatoms. The van der Waals surface area contributed by atoms with Gasteiger partial charge in [-0.2, -0.15) is 0 Å². The van der Waals surface area contributed by atoms with E-state index in [0.717, 1.165) is 23.7 Å². The Balaban J connectivity index is 1.48. The third-order valence-electron chi connectivity index (χ3n) is 4.80. The Bertz CT molecular complexity index is 875. The predicted octanol–water partition coefficient (Wildman–Crippen LogP) is 1.10. The van der Waals surface area contributed by atoms with Crippen molar-refractivity contribution < 1.29 is 24.2 Å². The summed E-state index contributed by atoms with van der Waals surface area (Å²) in [7, 11) is 1.61. The van der Waals surface area contributed by atoms with Gasteiger partial charge in [0.05, 0.1) is 19.5 Å². The average Bonchev–Trinajstić information content (AvgIpc) is 2.77. The molecular formula is C20H22N4O5. The minimum absolute atomic E-state index is 0.0542. The number of methoxy groups -OCH3 is 1. The number of benzene rings is 1. The number of hydrogen-bond donors (Lipinski definition) is 1. The number of amides is 2. The molecule has 2 aromatic rings. The van der Waals surface area contributed by atoms with Crippen LogP contribution in [-0.4, -0.2) is 75.9 Å². The number of aromatic carboxylic acids is 1. The summed E-state index contributed by atoms with van der Waals surface area (Å²) in [6.07, 6.45) is 3.28. The van der Waals surface area contributed by atoms with Crippen LogP contribution in [0.1, 0.15) is 33.0 Å². The highest BCUT2D eigenvalue weighted by Gasteiger charge is 2.25. The molecule has 0 aliphatic carbocycles. The molecule has 1 aromatic carbocycles. The van der Waals surface area contributed by atoms with Crippen molar-refractivity contribution in [3.8, 4) is 5.75 Å². The van der Waals surface area contributed by atoms with Gasteiger partial charge in [-0.05, 0) is 24.1 Å². The van der Waals surface area contributed by atoms with Crippen LogP contribution in [0.5, 0.6) is 5.75 Å². The lowest BCUT2D eigenvalue weighted by molar-refractivity contribution is -0.132. The fourth-order valence-corrected chi connectivity index (χ4v) is 3.07. The molecule has 0 bridgehead atoms. The standard InChI is InChI=1S/C20H22N4O5/c1-29-15-5-2-14(3-6-15)4-7-18(25)23-8-10-24(11-9-23)19(26)16-12-22-17(13-21-16)20(27)28/h2-3,5-6,12-13H,4,7-11H2,1H3,(H,27,28). The summed E-state index contributed by atoms with van der Waals surface area (Å²) >= 11 is 0. The number of piperazine rings is 1. The van der Waals surface area contributed by atoms with Crippen molar-refractivity contribution in [2.75, 3.05) is 33.3 Å². The quantitative estimate of drug-likeness (QED) is 0.775. The number of ether oxygens (including phenoxy) is 1. The number of carboxylic acid groups (broad SMARTS) is 1. The van der Waals surface area contributed by atoms with Gasteiger partial charge in [-0.3, -0.25) is 9.59 Å². The highest BCUT2D eigenvalue weighted by Crippen LogP contribution is 2.14. The first-order valence-corrected chi connectivity index (χ1v) is 9.23. The smallest absolute Gasteiger partial charge is 0.356 e. The van der Waals surface area contributed by atoms with Gasteiger partial charge in [0.2, 0.25) is 5.91 Å². The van der Waals surface area contributed by atoms with E-state index in [9.17, 15) is 14.4 Å². The molecule has 1 fully saturated rings. The molecule has 0 atom stereocenters. The maximum Gasteiger partial charge on any atom is 0.356 e. The molecule has 9 nitrogen and oxygen atoms in total. The van der Waals surface area contributed by atoms with Crippen molar-refractivity contribution in [1.82, 2.24) is 19.8 Å². The fourth-order valence-electron chi connectivity index (χ4n) is 3.07. The molecule has 1 aromatic heterocycles. The lowest BCUT2D eigenvalue weighted by atomic mass is 10.1. The summed E-state index contributed by atoms with van der Waals surface area (Å²) in [6.45, 7) is 1.70. The van der Waals surface area contributed by atoms with Crippen LogP contribution in [-0.2, 0) is 11.2 Å². The van der Waals surface area contributed by atoms with Crippen LogP contribution in [0.15, 0.2) is 36.7 Å². The van der Waals surface area contributed by atoms with Crippen molar-refractivity contribution in [2.24, 2.45) is 0 Å². The number of carboxylic acids is 1. The summed E-state index contributed by atoms with van der Waals surface area (Å²) in [5.74, 6) is -0.681. The van der Waals surface area contributed by atoms with Gasteiger partial charge in [0, 0.05) is 32.6 Å². The Morgan fingerprint density at radius 3 is 2.10 bits per heavy atom. The molecule has 2 heterocycles. The maximum absolute atomic E-state index is 12.5. The molecule has 1 aliphatic rings. The van der Waals surface area contributed by atoms with Crippen molar-refractivity contribution in [1.29, 1.82) is 0 Å². The van der Waals surface area contributed by atoms with Crippen molar-refractivity contribution >= 4 is 17.8 Å². The Hall–Kier alpha value is -3.49. The molecule has 0 unspecified atom stereocenters. The Kier molecular flexibility index (Phi) is 6.38. The zero-order chi connectivity index (χ0) is 20.8. The summed E-state index contributed by atoms with van der Waals surface area (Å²) < 4.78 is 5.13. The lowest BCUT2D eigenvalue weighted by Crippen LogP contribution is -2.50. The van der Waals surface area contributed by atoms with Crippen LogP contribution >= 0.6 is 0 Å². The molecule has 29 heavy (non-hydrogen) atoms. The molecule has 1 saturated heterocycles. The number of aryl methyl sites for hydroxylation is 1. The molecule has 1 aliphatic heterocycles. The van der Waals surface area contributed by atoms with Gasteiger partial charge < -0.3 is 19.6 Å². The maximum atomic E-state index is 12.5. The molecule has 1 N–H and O–H groups in total. The average molecular weight is 398 g/mol. The van der Waals surface area contributed by atoms with E-state index >= 15 is 0 Å². The van der Waals surface area contributed by atoms with Gasteiger partial charge in [0.25, 0.3) is 5.91 Å². The van der Waals surface area contributed by atoms with Crippen LogP contribution in [0.2, 0.25) is 0 Å². The van der Waals surface area contributed by atoms with E-state index in [1.807, 2.05) is 24.3 Å². The number of hydrogen-bond acceptors (Lipinski definition) is 6. The Morgan fingerprint density at radius 2 is 1.55 bits per heavy atom. The lowest BCUT2D eigenvalue weighted by Gasteiger charge is -2.34. The Labute approximate surface area is 167 Å². The van der Waals surface area contributed by atoms with Crippen molar-refractivity contribution in [3.05, 3.63) is 53.6 Å². The molecule has 0 saturated carbocycles. The van der Waals surface area contributed by atoms with Gasteiger partial charge in [-0.15, -0.1) is 0 Å². The van der Waals surface area contributed by atoms with E-state index in [1.165, 1.54) is 0 Å². The number of carbonyl (C=O) groups is 3. The van der Waals surface area contributed by atoms with Crippen LogP contribution in [0.25, 0.3) is 0 Å². The second-order valence-corrected chi connectivity index (χ2v) is 6.61. The van der Waals surface area contributed by atoms with E-state index in [2.05, 4.69) is 9.97 Å². The van der Waals surface area contributed by atoms with Gasteiger partial charge in [0.1, 0.15) is 11.4 Å². The van der Waals surface area contributed by atoms with Gasteiger partial charge >= 0.3 is 5.97 Å². The third kappa shape index (κ3) is 5.07. The molecule has 3 rings (SSSR count). The van der Waals surface area contributed by atoms with E-state index in [1.54, 1.807) is 16.9 Å². The van der Waals surface area contributed by atoms with Crippen molar-refractivity contribution in [3.63, 3.8) is 0 Å². The number of aromatic nitrogens is 2. The van der Waals surface area contributed by atoms with E-state index in [4.69, 9.17) is 9.84 Å². The summed E-state index contributed by atoms with van der Waals surface area (Å²) in [5, 5.41) is 8.84. The van der Waals surface area contributed by atoms with Crippen LogP contribution in [0.3, 0.4) is 0 Å². The first kappa shape index (κ1) is 20.2. The van der Waals surface area contributed by atoms with Crippen molar-refractivity contribution in [2.45, 2.75) is 12.8 Å². The first-order valence-electron chi connectivity index (χ1n) is 9.23. The van der Waals surface area contributed by atoms with E-state index in [0.29, 0.717) is 39.0 Å². The third-order valence-corrected chi connectivity index (χ3v) is 4.80. The van der Waals surface area contributed by atoms with Gasteiger partial charge in [-0.1, -0.05) is 12.1 Å².